The lowest BCUT2D eigenvalue weighted by Crippen LogP contribution is -2.00. The third kappa shape index (κ3) is 2.83. The van der Waals surface area contributed by atoms with E-state index in [1.54, 1.807) is 0 Å². The van der Waals surface area contributed by atoms with Crippen molar-refractivity contribution in [3.63, 3.8) is 0 Å². The summed E-state index contributed by atoms with van der Waals surface area (Å²) >= 11 is 5.97. The average molecular weight is 270 g/mol. The van der Waals surface area contributed by atoms with Crippen LogP contribution in [0.5, 0.6) is 0 Å². The summed E-state index contributed by atoms with van der Waals surface area (Å²) in [6, 6.07) is 17.8. The molecule has 1 heterocycles. The molecule has 0 fully saturated rings. The number of benzene rings is 2. The normalized spacial score (nSPS) is 10.6. The van der Waals surface area contributed by atoms with E-state index in [9.17, 15) is 0 Å². The van der Waals surface area contributed by atoms with Gasteiger partial charge in [-0.1, -0.05) is 59.3 Å². The molecule has 3 nitrogen and oxygen atoms in total. The molecule has 0 atom stereocenters. The van der Waals surface area contributed by atoms with Gasteiger partial charge in [0, 0.05) is 10.6 Å². The summed E-state index contributed by atoms with van der Waals surface area (Å²) in [6.07, 6.45) is 1.94. The van der Waals surface area contributed by atoms with Gasteiger partial charge in [-0.25, -0.2) is 4.68 Å². The highest BCUT2D eigenvalue weighted by atomic mass is 35.5. The van der Waals surface area contributed by atoms with E-state index < -0.39 is 0 Å². The molecule has 0 saturated carbocycles. The van der Waals surface area contributed by atoms with Crippen LogP contribution in [0.4, 0.5) is 0 Å². The van der Waals surface area contributed by atoms with Gasteiger partial charge in [0.25, 0.3) is 0 Å². The van der Waals surface area contributed by atoms with Crippen LogP contribution in [-0.2, 0) is 6.54 Å². The highest BCUT2D eigenvalue weighted by Crippen LogP contribution is 2.16. The zero-order chi connectivity index (χ0) is 13.1. The van der Waals surface area contributed by atoms with Crippen LogP contribution in [-0.4, -0.2) is 15.0 Å². The molecule has 0 amide bonds. The van der Waals surface area contributed by atoms with Crippen LogP contribution in [0.15, 0.2) is 60.8 Å². The average Bonchev–Trinajstić information content (AvgIpc) is 2.88. The van der Waals surface area contributed by atoms with Crippen molar-refractivity contribution in [3.05, 3.63) is 71.4 Å². The fourth-order valence-corrected chi connectivity index (χ4v) is 2.15. The first-order chi connectivity index (χ1) is 9.31. The van der Waals surface area contributed by atoms with Crippen molar-refractivity contribution in [1.29, 1.82) is 0 Å². The van der Waals surface area contributed by atoms with E-state index in [-0.39, 0.29) is 0 Å². The predicted octanol–water partition coefficient (Wildman–Crippen LogP) is 3.65. The highest BCUT2D eigenvalue weighted by Gasteiger charge is 2.03. The number of halogens is 1. The van der Waals surface area contributed by atoms with E-state index in [0.29, 0.717) is 6.54 Å². The second-order valence-corrected chi connectivity index (χ2v) is 4.73. The lowest BCUT2D eigenvalue weighted by Gasteiger charge is -2.00. The lowest BCUT2D eigenvalue weighted by atomic mass is 10.2. The first kappa shape index (κ1) is 11.9. The first-order valence-electron chi connectivity index (χ1n) is 6.01. The zero-order valence-electron chi connectivity index (χ0n) is 10.2. The van der Waals surface area contributed by atoms with Gasteiger partial charge >= 0.3 is 0 Å². The molecule has 0 unspecified atom stereocenters. The molecule has 3 aromatic rings. The molecule has 3 rings (SSSR count). The summed E-state index contributed by atoms with van der Waals surface area (Å²) in [5.41, 5.74) is 3.06. The van der Waals surface area contributed by atoms with Crippen LogP contribution in [0, 0.1) is 0 Å². The van der Waals surface area contributed by atoms with Gasteiger partial charge in [0.1, 0.15) is 5.69 Å². The van der Waals surface area contributed by atoms with Crippen LogP contribution in [0.1, 0.15) is 5.56 Å². The van der Waals surface area contributed by atoms with Crippen molar-refractivity contribution in [3.8, 4) is 11.3 Å². The Morgan fingerprint density at radius 2 is 1.84 bits per heavy atom. The van der Waals surface area contributed by atoms with E-state index in [1.165, 1.54) is 0 Å². The van der Waals surface area contributed by atoms with Crippen molar-refractivity contribution in [2.75, 3.05) is 0 Å². The molecule has 4 heteroatoms. The van der Waals surface area contributed by atoms with Crippen LogP contribution in [0.2, 0.25) is 5.02 Å². The molecular weight excluding hydrogens is 258 g/mol. The molecule has 0 aliphatic rings. The minimum atomic E-state index is 0.667. The van der Waals surface area contributed by atoms with Crippen molar-refractivity contribution < 1.29 is 0 Å². The van der Waals surface area contributed by atoms with Gasteiger partial charge < -0.3 is 0 Å². The Kier molecular flexibility index (Phi) is 3.29. The summed E-state index contributed by atoms with van der Waals surface area (Å²) in [7, 11) is 0. The molecule has 1 aromatic heterocycles. The third-order valence-corrected chi connectivity index (χ3v) is 3.08. The Labute approximate surface area is 116 Å². The fourth-order valence-electron chi connectivity index (χ4n) is 1.94. The second-order valence-electron chi connectivity index (χ2n) is 4.30. The summed E-state index contributed by atoms with van der Waals surface area (Å²) in [6.45, 7) is 0.667. The van der Waals surface area contributed by atoms with Gasteiger partial charge in [0.15, 0.2) is 0 Å². The molecular formula is C15H12ClN3. The van der Waals surface area contributed by atoms with Gasteiger partial charge in [-0.2, -0.15) is 0 Å². The molecule has 0 N–H and O–H groups in total. The molecule has 0 aliphatic carbocycles. The van der Waals surface area contributed by atoms with Gasteiger partial charge in [-0.05, 0) is 17.7 Å². The molecule has 0 aliphatic heterocycles. The highest BCUT2D eigenvalue weighted by molar-refractivity contribution is 6.30. The first-order valence-corrected chi connectivity index (χ1v) is 6.39. The largest absolute Gasteiger partial charge is 0.247 e. The van der Waals surface area contributed by atoms with Crippen LogP contribution < -0.4 is 0 Å². The summed E-state index contributed by atoms with van der Waals surface area (Å²) in [4.78, 5) is 0. The Balaban J connectivity index is 1.82. The van der Waals surface area contributed by atoms with Gasteiger partial charge in [0.05, 0.1) is 12.7 Å². The standard InChI is InChI=1S/C15H12ClN3/c16-14-8-4-5-12(9-14)10-19-11-15(17-18-19)13-6-2-1-3-7-13/h1-9,11H,10H2. The predicted molar refractivity (Wildman–Crippen MR) is 76.0 cm³/mol. The van der Waals surface area contributed by atoms with Crippen LogP contribution in [0.3, 0.4) is 0 Å². The van der Waals surface area contributed by atoms with Crippen molar-refractivity contribution in [2.45, 2.75) is 6.54 Å². The van der Waals surface area contributed by atoms with Crippen molar-refractivity contribution in [2.24, 2.45) is 0 Å². The molecule has 2 aromatic carbocycles. The van der Waals surface area contributed by atoms with Crippen molar-refractivity contribution in [1.82, 2.24) is 15.0 Å². The minimum absolute atomic E-state index is 0.667. The van der Waals surface area contributed by atoms with E-state index >= 15 is 0 Å². The second kappa shape index (κ2) is 5.24. The number of nitrogens with zero attached hydrogens (tertiary/aromatic N) is 3. The van der Waals surface area contributed by atoms with Gasteiger partial charge in [-0.3, -0.25) is 0 Å². The number of aromatic nitrogens is 3. The minimum Gasteiger partial charge on any atom is -0.247 e. The van der Waals surface area contributed by atoms with Crippen LogP contribution in [0.25, 0.3) is 11.3 Å². The lowest BCUT2D eigenvalue weighted by molar-refractivity contribution is 0.650. The van der Waals surface area contributed by atoms with Gasteiger partial charge in [-0.15, -0.1) is 5.10 Å². The molecule has 19 heavy (non-hydrogen) atoms. The topological polar surface area (TPSA) is 30.7 Å². The van der Waals surface area contributed by atoms with E-state index in [1.807, 2.05) is 65.5 Å². The molecule has 94 valence electrons. The smallest absolute Gasteiger partial charge is 0.113 e. The Bertz CT molecular complexity index is 677. The maximum atomic E-state index is 5.97. The number of hydrogen-bond acceptors (Lipinski definition) is 2. The summed E-state index contributed by atoms with van der Waals surface area (Å²) in [5, 5.41) is 9.06. The zero-order valence-corrected chi connectivity index (χ0v) is 11.0. The summed E-state index contributed by atoms with van der Waals surface area (Å²) in [5.74, 6) is 0. The maximum absolute atomic E-state index is 5.97. The van der Waals surface area contributed by atoms with Gasteiger partial charge in [0.2, 0.25) is 0 Å². The van der Waals surface area contributed by atoms with E-state index in [4.69, 9.17) is 11.6 Å². The number of hydrogen-bond donors (Lipinski definition) is 0. The quantitative estimate of drug-likeness (QED) is 0.727. The Morgan fingerprint density at radius 1 is 1.00 bits per heavy atom. The monoisotopic (exact) mass is 269 g/mol. The SMILES string of the molecule is Clc1cccc(Cn2cc(-c3ccccc3)nn2)c1. The van der Waals surface area contributed by atoms with E-state index in [2.05, 4.69) is 10.3 Å². The molecule has 0 bridgehead atoms. The van der Waals surface area contributed by atoms with Crippen LogP contribution >= 0.6 is 11.6 Å². The third-order valence-electron chi connectivity index (χ3n) is 2.84. The molecule has 0 saturated heterocycles. The van der Waals surface area contributed by atoms with Crippen molar-refractivity contribution >= 4 is 11.6 Å². The molecule has 0 spiro atoms. The Morgan fingerprint density at radius 3 is 2.63 bits per heavy atom. The Hall–Kier alpha value is -2.13. The maximum Gasteiger partial charge on any atom is 0.113 e. The summed E-state index contributed by atoms with van der Waals surface area (Å²) < 4.78 is 1.81. The van der Waals surface area contributed by atoms with E-state index in [0.717, 1.165) is 21.8 Å². The number of rotatable bonds is 3. The molecule has 0 radical (unpaired) electrons. The fraction of sp³-hybridized carbons (Fsp3) is 0.0667.